The van der Waals surface area contributed by atoms with Crippen LogP contribution in [0.25, 0.3) is 6.08 Å². The number of esters is 1. The van der Waals surface area contributed by atoms with Crippen molar-refractivity contribution in [2.45, 2.75) is 13.5 Å². The zero-order chi connectivity index (χ0) is 20.7. The second-order valence-corrected chi connectivity index (χ2v) is 7.15. The van der Waals surface area contributed by atoms with Crippen LogP contribution >= 0.6 is 39.1 Å². The fraction of sp³-hybridized carbons (Fsp3) is 0.200. The lowest BCUT2D eigenvalue weighted by molar-refractivity contribution is -0.137. The van der Waals surface area contributed by atoms with Crippen LogP contribution in [0.4, 0.5) is 0 Å². The number of nitrogens with zero attached hydrogens (tertiary/aromatic N) is 1. The molecule has 146 valence electrons. The van der Waals surface area contributed by atoms with E-state index in [1.165, 1.54) is 13.2 Å². The van der Waals surface area contributed by atoms with Crippen molar-refractivity contribution >= 4 is 51.2 Å². The Morgan fingerprint density at radius 3 is 2.64 bits per heavy atom. The Bertz CT molecular complexity index is 954. The van der Waals surface area contributed by atoms with Crippen LogP contribution in [0.1, 0.15) is 18.1 Å². The van der Waals surface area contributed by atoms with Gasteiger partial charge in [-0.1, -0.05) is 29.3 Å². The fourth-order valence-corrected chi connectivity index (χ4v) is 3.30. The number of nitriles is 1. The van der Waals surface area contributed by atoms with Gasteiger partial charge in [0.2, 0.25) is 0 Å². The van der Waals surface area contributed by atoms with Crippen LogP contribution in [0, 0.1) is 11.3 Å². The summed E-state index contributed by atoms with van der Waals surface area (Å²) in [5, 5.41) is 10.2. The van der Waals surface area contributed by atoms with Crippen molar-refractivity contribution in [1.82, 2.24) is 0 Å². The Kier molecular flexibility index (Phi) is 8.18. The first-order valence-corrected chi connectivity index (χ1v) is 9.67. The van der Waals surface area contributed by atoms with Crippen LogP contribution in [0.2, 0.25) is 10.0 Å². The minimum absolute atomic E-state index is 0.114. The Morgan fingerprint density at radius 2 is 2.04 bits per heavy atom. The van der Waals surface area contributed by atoms with Crippen LogP contribution in [-0.2, 0) is 16.1 Å². The molecule has 8 heteroatoms. The van der Waals surface area contributed by atoms with Crippen LogP contribution in [0.15, 0.2) is 40.4 Å². The topological polar surface area (TPSA) is 68.6 Å². The zero-order valence-electron chi connectivity index (χ0n) is 15.1. The lowest BCUT2D eigenvalue weighted by Crippen LogP contribution is -2.06. The smallest absolute Gasteiger partial charge is 0.348 e. The first-order chi connectivity index (χ1) is 13.4. The van der Waals surface area contributed by atoms with Crippen LogP contribution in [0.5, 0.6) is 11.5 Å². The molecule has 0 fully saturated rings. The molecule has 2 aromatic carbocycles. The van der Waals surface area contributed by atoms with Crippen molar-refractivity contribution in [3.8, 4) is 17.6 Å². The molecule has 0 aliphatic rings. The minimum atomic E-state index is -0.683. The second-order valence-electron chi connectivity index (χ2n) is 5.45. The summed E-state index contributed by atoms with van der Waals surface area (Å²) in [5.74, 6) is 0.199. The summed E-state index contributed by atoms with van der Waals surface area (Å²) >= 11 is 15.5. The molecule has 2 aromatic rings. The van der Waals surface area contributed by atoms with E-state index >= 15 is 0 Å². The maximum atomic E-state index is 11.8. The second kappa shape index (κ2) is 10.4. The molecule has 0 aliphatic carbocycles. The molecule has 0 heterocycles. The summed E-state index contributed by atoms with van der Waals surface area (Å²) in [6.45, 7) is 2.06. The molecule has 0 atom stereocenters. The highest BCUT2D eigenvalue weighted by Gasteiger charge is 2.15. The van der Waals surface area contributed by atoms with Gasteiger partial charge in [0.15, 0.2) is 11.5 Å². The van der Waals surface area contributed by atoms with Gasteiger partial charge in [-0.25, -0.2) is 4.79 Å². The molecular formula is C20H16BrCl2NO4. The average molecular weight is 485 g/mol. The van der Waals surface area contributed by atoms with Crippen molar-refractivity contribution in [3.05, 3.63) is 61.5 Å². The Balaban J connectivity index is 2.30. The van der Waals surface area contributed by atoms with Gasteiger partial charge in [0.1, 0.15) is 18.2 Å². The number of hydrogen-bond donors (Lipinski definition) is 0. The van der Waals surface area contributed by atoms with E-state index in [0.29, 0.717) is 31.6 Å². The number of methoxy groups -OCH3 is 1. The highest BCUT2D eigenvalue weighted by Crippen LogP contribution is 2.38. The van der Waals surface area contributed by atoms with Crippen LogP contribution < -0.4 is 9.47 Å². The van der Waals surface area contributed by atoms with Gasteiger partial charge in [-0.2, -0.15) is 5.26 Å². The predicted octanol–water partition coefficient (Wildman–Crippen LogP) is 5.81. The van der Waals surface area contributed by atoms with Crippen molar-refractivity contribution in [2.75, 3.05) is 13.7 Å². The lowest BCUT2D eigenvalue weighted by Gasteiger charge is -2.14. The monoisotopic (exact) mass is 483 g/mol. The molecule has 0 aromatic heterocycles. The van der Waals surface area contributed by atoms with Gasteiger partial charge < -0.3 is 14.2 Å². The van der Waals surface area contributed by atoms with Gasteiger partial charge in [-0.15, -0.1) is 0 Å². The van der Waals surface area contributed by atoms with E-state index in [0.717, 1.165) is 5.56 Å². The standard InChI is InChI=1S/C20H16BrCl2NO4/c1-3-27-20(25)14(10-24)6-12-7-16(21)19(18(8-12)26-2)28-11-13-4-5-15(22)9-17(13)23/h4-9H,3,11H2,1-2H3/b14-6+. The van der Waals surface area contributed by atoms with Crippen molar-refractivity contribution in [2.24, 2.45) is 0 Å². The fourth-order valence-electron chi connectivity index (χ4n) is 2.26. The maximum absolute atomic E-state index is 11.8. The maximum Gasteiger partial charge on any atom is 0.348 e. The summed E-state index contributed by atoms with van der Waals surface area (Å²) in [6, 6.07) is 10.3. The number of ether oxygens (including phenoxy) is 3. The summed E-state index contributed by atoms with van der Waals surface area (Å²) < 4.78 is 16.7. The van der Waals surface area contributed by atoms with Gasteiger partial charge in [0.05, 0.1) is 18.2 Å². The molecular weight excluding hydrogens is 469 g/mol. The predicted molar refractivity (Wildman–Crippen MR) is 112 cm³/mol. The third kappa shape index (κ3) is 5.65. The minimum Gasteiger partial charge on any atom is -0.493 e. The van der Waals surface area contributed by atoms with E-state index in [-0.39, 0.29) is 18.8 Å². The molecule has 0 aliphatic heterocycles. The van der Waals surface area contributed by atoms with Crippen molar-refractivity contribution in [1.29, 1.82) is 5.26 Å². The van der Waals surface area contributed by atoms with E-state index in [1.54, 1.807) is 37.3 Å². The number of benzene rings is 2. The first-order valence-electron chi connectivity index (χ1n) is 8.12. The molecule has 5 nitrogen and oxygen atoms in total. The molecule has 0 spiro atoms. The summed E-state index contributed by atoms with van der Waals surface area (Å²) in [5.41, 5.74) is 1.22. The average Bonchev–Trinajstić information content (AvgIpc) is 2.66. The third-order valence-corrected chi connectivity index (χ3v) is 4.74. The lowest BCUT2D eigenvalue weighted by atomic mass is 10.1. The van der Waals surface area contributed by atoms with Crippen molar-refractivity contribution < 1.29 is 19.0 Å². The van der Waals surface area contributed by atoms with Crippen LogP contribution in [-0.4, -0.2) is 19.7 Å². The molecule has 0 radical (unpaired) electrons. The molecule has 0 amide bonds. The largest absolute Gasteiger partial charge is 0.493 e. The zero-order valence-corrected chi connectivity index (χ0v) is 18.2. The van der Waals surface area contributed by atoms with Crippen LogP contribution in [0.3, 0.4) is 0 Å². The van der Waals surface area contributed by atoms with E-state index in [9.17, 15) is 10.1 Å². The van der Waals surface area contributed by atoms with Gasteiger partial charge in [0, 0.05) is 15.6 Å². The van der Waals surface area contributed by atoms with E-state index in [1.807, 2.05) is 6.07 Å². The SMILES string of the molecule is CCOC(=O)/C(C#N)=C/c1cc(Br)c(OCc2ccc(Cl)cc2Cl)c(OC)c1. The summed E-state index contributed by atoms with van der Waals surface area (Å²) in [6.07, 6.45) is 1.42. The van der Waals surface area contributed by atoms with Gasteiger partial charge in [-0.05, 0) is 58.8 Å². The number of rotatable bonds is 7. The highest BCUT2D eigenvalue weighted by atomic mass is 79.9. The quantitative estimate of drug-likeness (QED) is 0.281. The molecule has 28 heavy (non-hydrogen) atoms. The normalized spacial score (nSPS) is 10.9. The highest BCUT2D eigenvalue weighted by molar-refractivity contribution is 9.10. The van der Waals surface area contributed by atoms with Crippen molar-refractivity contribution in [3.63, 3.8) is 0 Å². The number of carbonyl (C=O) groups is 1. The van der Waals surface area contributed by atoms with Gasteiger partial charge in [-0.3, -0.25) is 0 Å². The number of hydrogen-bond acceptors (Lipinski definition) is 5. The summed E-state index contributed by atoms with van der Waals surface area (Å²) in [4.78, 5) is 11.8. The Labute approximate surface area is 181 Å². The third-order valence-electron chi connectivity index (χ3n) is 3.57. The Morgan fingerprint density at radius 1 is 1.29 bits per heavy atom. The molecule has 0 saturated heterocycles. The Hall–Kier alpha value is -2.20. The molecule has 0 saturated carbocycles. The summed E-state index contributed by atoms with van der Waals surface area (Å²) in [7, 11) is 1.49. The molecule has 2 rings (SSSR count). The van der Waals surface area contributed by atoms with Gasteiger partial charge in [0.25, 0.3) is 0 Å². The number of carbonyl (C=O) groups excluding carboxylic acids is 1. The van der Waals surface area contributed by atoms with E-state index < -0.39 is 5.97 Å². The van der Waals surface area contributed by atoms with E-state index in [4.69, 9.17) is 37.4 Å². The number of halogens is 3. The first kappa shape index (κ1) is 22.1. The molecule has 0 bridgehead atoms. The van der Waals surface area contributed by atoms with Gasteiger partial charge >= 0.3 is 5.97 Å². The molecule has 0 unspecified atom stereocenters. The molecule has 0 N–H and O–H groups in total. The van der Waals surface area contributed by atoms with E-state index in [2.05, 4.69) is 15.9 Å².